The zero-order valence-electron chi connectivity index (χ0n) is 16.6. The van der Waals surface area contributed by atoms with Gasteiger partial charge in [0.05, 0.1) is 17.4 Å². The zero-order valence-corrected chi connectivity index (χ0v) is 16.6. The van der Waals surface area contributed by atoms with Gasteiger partial charge in [0.25, 0.3) is 5.95 Å². The van der Waals surface area contributed by atoms with Crippen molar-refractivity contribution in [2.45, 2.75) is 38.8 Å². The van der Waals surface area contributed by atoms with Crippen molar-refractivity contribution in [2.75, 3.05) is 5.32 Å². The van der Waals surface area contributed by atoms with Crippen molar-refractivity contribution in [3.8, 4) is 5.95 Å². The number of nitrogens with zero attached hydrogens (tertiary/aromatic N) is 4. The summed E-state index contributed by atoms with van der Waals surface area (Å²) < 4.78 is 15.3. The summed E-state index contributed by atoms with van der Waals surface area (Å²) >= 11 is 0. The lowest BCUT2D eigenvalue weighted by Gasteiger charge is -2.20. The van der Waals surface area contributed by atoms with Gasteiger partial charge in [-0.1, -0.05) is 24.3 Å². The Balaban J connectivity index is 1.56. The van der Waals surface area contributed by atoms with Crippen LogP contribution in [0.2, 0.25) is 0 Å². The molecule has 0 aliphatic heterocycles. The van der Waals surface area contributed by atoms with Crippen LogP contribution in [0.3, 0.4) is 0 Å². The number of fused-ring (bicyclic) bond motifs is 2. The molecule has 2 aromatic heterocycles. The summed E-state index contributed by atoms with van der Waals surface area (Å²) in [5.41, 5.74) is 10.9. The third kappa shape index (κ3) is 3.41. The SMILES string of the molecule is NCc1cccc2c1cnn2-c1nc2c(c(NCc3cccc(F)c3)n1)CCCC2. The van der Waals surface area contributed by atoms with Gasteiger partial charge >= 0.3 is 0 Å². The van der Waals surface area contributed by atoms with E-state index in [1.54, 1.807) is 10.7 Å². The van der Waals surface area contributed by atoms with Gasteiger partial charge in [0.2, 0.25) is 0 Å². The van der Waals surface area contributed by atoms with Gasteiger partial charge in [0, 0.05) is 24.0 Å². The Hall–Kier alpha value is -3.32. The van der Waals surface area contributed by atoms with Gasteiger partial charge in [-0.2, -0.15) is 14.8 Å². The lowest BCUT2D eigenvalue weighted by Crippen LogP contribution is -2.16. The quantitative estimate of drug-likeness (QED) is 0.529. The van der Waals surface area contributed by atoms with Crippen LogP contribution < -0.4 is 11.1 Å². The molecule has 0 bridgehead atoms. The third-order valence-corrected chi connectivity index (χ3v) is 5.63. The standard InChI is InChI=1S/C23H23FN6/c24-17-7-3-5-15(11-17)13-26-22-18-8-1-2-9-20(18)28-23(29-22)30-21-10-4-6-16(12-25)19(21)14-27-30/h3-7,10-11,14H,1-2,8-9,12-13,25H2,(H,26,28,29). The van der Waals surface area contributed by atoms with Crippen LogP contribution in [0.25, 0.3) is 16.9 Å². The molecule has 3 N–H and O–H groups in total. The van der Waals surface area contributed by atoms with E-state index in [-0.39, 0.29) is 5.82 Å². The predicted molar refractivity (Wildman–Crippen MR) is 115 cm³/mol. The minimum absolute atomic E-state index is 0.238. The number of anilines is 1. The summed E-state index contributed by atoms with van der Waals surface area (Å²) in [6.07, 6.45) is 5.92. The van der Waals surface area contributed by atoms with E-state index < -0.39 is 0 Å². The number of rotatable bonds is 5. The van der Waals surface area contributed by atoms with Gasteiger partial charge in [-0.3, -0.25) is 0 Å². The van der Waals surface area contributed by atoms with Crippen molar-refractivity contribution in [3.63, 3.8) is 0 Å². The van der Waals surface area contributed by atoms with Crippen LogP contribution in [0.15, 0.2) is 48.7 Å². The van der Waals surface area contributed by atoms with Crippen LogP contribution >= 0.6 is 0 Å². The number of halogens is 1. The van der Waals surface area contributed by atoms with E-state index >= 15 is 0 Å². The molecule has 2 heterocycles. The number of nitrogens with two attached hydrogens (primary N) is 1. The van der Waals surface area contributed by atoms with E-state index in [1.165, 1.54) is 12.1 Å². The molecule has 0 spiro atoms. The molecule has 0 atom stereocenters. The van der Waals surface area contributed by atoms with Crippen molar-refractivity contribution in [1.82, 2.24) is 19.7 Å². The Bertz CT molecular complexity index is 1220. The van der Waals surface area contributed by atoms with Crippen molar-refractivity contribution < 1.29 is 4.39 Å². The van der Waals surface area contributed by atoms with E-state index in [0.29, 0.717) is 19.0 Å². The number of hydrogen-bond acceptors (Lipinski definition) is 5. The second-order valence-electron chi connectivity index (χ2n) is 7.60. The maximum absolute atomic E-state index is 13.6. The van der Waals surface area contributed by atoms with Crippen molar-refractivity contribution in [2.24, 2.45) is 5.73 Å². The first-order valence-corrected chi connectivity index (χ1v) is 10.3. The minimum Gasteiger partial charge on any atom is -0.366 e. The first-order valence-electron chi connectivity index (χ1n) is 10.3. The molecular formula is C23H23FN6. The fraction of sp³-hybridized carbons (Fsp3) is 0.261. The van der Waals surface area contributed by atoms with Gasteiger partial charge in [-0.15, -0.1) is 0 Å². The molecule has 4 aromatic rings. The molecule has 0 fully saturated rings. The van der Waals surface area contributed by atoms with Crippen LogP contribution in [0.5, 0.6) is 0 Å². The molecule has 0 unspecified atom stereocenters. The zero-order chi connectivity index (χ0) is 20.5. The van der Waals surface area contributed by atoms with E-state index in [4.69, 9.17) is 15.7 Å². The highest BCUT2D eigenvalue weighted by Crippen LogP contribution is 2.28. The molecule has 0 radical (unpaired) electrons. The largest absolute Gasteiger partial charge is 0.366 e. The summed E-state index contributed by atoms with van der Waals surface area (Å²) in [4.78, 5) is 9.67. The van der Waals surface area contributed by atoms with E-state index in [2.05, 4.69) is 10.4 Å². The van der Waals surface area contributed by atoms with Crippen molar-refractivity contribution in [1.29, 1.82) is 0 Å². The number of benzene rings is 2. The van der Waals surface area contributed by atoms with E-state index in [0.717, 1.165) is 64.8 Å². The Morgan fingerprint density at radius 2 is 1.93 bits per heavy atom. The van der Waals surface area contributed by atoms with Crippen LogP contribution in [0.1, 0.15) is 35.2 Å². The van der Waals surface area contributed by atoms with Crippen LogP contribution in [0, 0.1) is 5.82 Å². The molecule has 7 heteroatoms. The normalized spacial score (nSPS) is 13.4. The molecular weight excluding hydrogens is 379 g/mol. The molecule has 0 saturated carbocycles. The molecule has 152 valence electrons. The summed E-state index contributed by atoms with van der Waals surface area (Å²) in [5, 5.41) is 8.97. The second-order valence-corrected chi connectivity index (χ2v) is 7.60. The number of aryl methyl sites for hydroxylation is 1. The first-order chi connectivity index (χ1) is 14.7. The Labute approximate surface area is 174 Å². The van der Waals surface area contributed by atoms with Crippen molar-refractivity contribution in [3.05, 3.63) is 76.9 Å². The number of aromatic nitrogens is 4. The molecule has 0 amide bonds. The molecule has 1 aliphatic rings. The highest BCUT2D eigenvalue weighted by atomic mass is 19.1. The van der Waals surface area contributed by atoms with Crippen molar-refractivity contribution >= 4 is 16.7 Å². The number of nitrogens with one attached hydrogen (secondary N) is 1. The average Bonchev–Trinajstić information content (AvgIpc) is 3.21. The Morgan fingerprint density at radius 1 is 1.07 bits per heavy atom. The predicted octanol–water partition coefficient (Wildman–Crippen LogP) is 3.90. The summed E-state index contributed by atoms with van der Waals surface area (Å²) in [6.45, 7) is 0.951. The second kappa shape index (κ2) is 7.84. The van der Waals surface area contributed by atoms with E-state index in [1.807, 2.05) is 30.5 Å². The Morgan fingerprint density at radius 3 is 2.80 bits per heavy atom. The summed E-state index contributed by atoms with van der Waals surface area (Å²) in [5.74, 6) is 1.11. The first kappa shape index (κ1) is 18.7. The highest BCUT2D eigenvalue weighted by molar-refractivity contribution is 5.83. The van der Waals surface area contributed by atoms with Crippen LogP contribution in [0.4, 0.5) is 10.2 Å². The maximum Gasteiger partial charge on any atom is 0.253 e. The van der Waals surface area contributed by atoms with Crippen LogP contribution in [-0.4, -0.2) is 19.7 Å². The monoisotopic (exact) mass is 402 g/mol. The molecule has 30 heavy (non-hydrogen) atoms. The van der Waals surface area contributed by atoms with Gasteiger partial charge in [0.15, 0.2) is 0 Å². The fourth-order valence-electron chi connectivity index (χ4n) is 4.10. The summed E-state index contributed by atoms with van der Waals surface area (Å²) in [6, 6.07) is 12.6. The lowest BCUT2D eigenvalue weighted by atomic mass is 9.96. The molecule has 2 aromatic carbocycles. The molecule has 1 aliphatic carbocycles. The fourth-order valence-corrected chi connectivity index (χ4v) is 4.10. The van der Waals surface area contributed by atoms with Crippen LogP contribution in [-0.2, 0) is 25.9 Å². The molecule has 0 saturated heterocycles. The topological polar surface area (TPSA) is 81.6 Å². The minimum atomic E-state index is -0.238. The number of hydrogen-bond donors (Lipinski definition) is 2. The van der Waals surface area contributed by atoms with Gasteiger partial charge < -0.3 is 11.1 Å². The van der Waals surface area contributed by atoms with Gasteiger partial charge in [-0.25, -0.2) is 9.37 Å². The molecule has 6 nitrogen and oxygen atoms in total. The maximum atomic E-state index is 13.6. The lowest BCUT2D eigenvalue weighted by molar-refractivity contribution is 0.625. The van der Waals surface area contributed by atoms with E-state index in [9.17, 15) is 4.39 Å². The smallest absolute Gasteiger partial charge is 0.253 e. The molecule has 5 rings (SSSR count). The average molecular weight is 402 g/mol. The Kier molecular flexibility index (Phi) is 4.88. The van der Waals surface area contributed by atoms with Gasteiger partial charge in [0.1, 0.15) is 11.6 Å². The van der Waals surface area contributed by atoms with Gasteiger partial charge in [-0.05, 0) is 55.0 Å². The highest BCUT2D eigenvalue weighted by Gasteiger charge is 2.20. The summed E-state index contributed by atoms with van der Waals surface area (Å²) in [7, 11) is 0. The third-order valence-electron chi connectivity index (χ3n) is 5.63.